The number of carbonyl (C=O) groups is 1. The molecule has 0 aliphatic heterocycles. The van der Waals surface area contributed by atoms with Crippen molar-refractivity contribution < 1.29 is 52.4 Å². The molecule has 0 aliphatic carbocycles. The van der Waals surface area contributed by atoms with Crippen molar-refractivity contribution in [3.05, 3.63) is 90.5 Å². The molecule has 1 amide bonds. The Labute approximate surface area is 212 Å². The van der Waals surface area contributed by atoms with Crippen molar-refractivity contribution in [3.63, 3.8) is 0 Å². The SMILES string of the molecule is O=C(Nc1ccc2c(O)c(N=Nc3ccccc3)c(S(=O)(=O)[O-])cc2c1)c1ccccc1.[Na+]. The number of carbonyl (C=O) groups excluding carboxylic acids is 1. The van der Waals surface area contributed by atoms with Gasteiger partial charge in [0, 0.05) is 16.6 Å². The zero-order valence-electron chi connectivity index (χ0n) is 17.5. The van der Waals surface area contributed by atoms with Crippen molar-refractivity contribution in [2.24, 2.45) is 10.2 Å². The third-order valence-corrected chi connectivity index (χ3v) is 5.49. The van der Waals surface area contributed by atoms with E-state index in [1.807, 2.05) is 0 Å². The van der Waals surface area contributed by atoms with E-state index in [0.717, 1.165) is 6.07 Å². The summed E-state index contributed by atoms with van der Waals surface area (Å²) in [5.41, 5.74) is 0.770. The molecule has 10 heteroatoms. The summed E-state index contributed by atoms with van der Waals surface area (Å²) in [7, 11) is -4.98. The molecule has 160 valence electrons. The van der Waals surface area contributed by atoms with Gasteiger partial charge in [0.05, 0.1) is 10.6 Å². The van der Waals surface area contributed by atoms with Gasteiger partial charge in [-0.05, 0) is 53.9 Å². The molecule has 0 bridgehead atoms. The van der Waals surface area contributed by atoms with E-state index in [1.165, 1.54) is 12.1 Å². The van der Waals surface area contributed by atoms with Crippen molar-refractivity contribution in [1.82, 2.24) is 0 Å². The number of azo groups is 1. The van der Waals surface area contributed by atoms with Crippen LogP contribution in [0.1, 0.15) is 10.4 Å². The number of nitrogens with zero attached hydrogens (tertiary/aromatic N) is 2. The van der Waals surface area contributed by atoms with Crippen molar-refractivity contribution >= 4 is 43.9 Å². The molecular weight excluding hydrogens is 453 g/mol. The van der Waals surface area contributed by atoms with Gasteiger partial charge in [0.2, 0.25) is 0 Å². The number of anilines is 1. The van der Waals surface area contributed by atoms with Crippen molar-refractivity contribution in [2.45, 2.75) is 4.90 Å². The molecule has 33 heavy (non-hydrogen) atoms. The van der Waals surface area contributed by atoms with Gasteiger partial charge in [-0.25, -0.2) is 8.42 Å². The largest absolute Gasteiger partial charge is 1.00 e. The molecule has 4 rings (SSSR count). The monoisotopic (exact) mass is 469 g/mol. The predicted octanol–water partition coefficient (Wildman–Crippen LogP) is 2.12. The Morgan fingerprint density at radius 3 is 2.15 bits per heavy atom. The molecule has 4 aromatic rings. The number of benzene rings is 4. The van der Waals surface area contributed by atoms with Crippen LogP contribution < -0.4 is 34.9 Å². The molecule has 0 fully saturated rings. The van der Waals surface area contributed by atoms with E-state index in [9.17, 15) is 22.9 Å². The molecule has 0 radical (unpaired) electrons. The van der Waals surface area contributed by atoms with Crippen LogP contribution in [-0.4, -0.2) is 24.0 Å². The minimum Gasteiger partial charge on any atom is -0.744 e. The fraction of sp³-hybridized carbons (Fsp3) is 0. The fourth-order valence-electron chi connectivity index (χ4n) is 3.11. The summed E-state index contributed by atoms with van der Waals surface area (Å²) in [4.78, 5) is 11.7. The standard InChI is InChI=1S/C23H17N3O5S.Na/c27-22-19-12-11-18(24-23(28)15-7-3-1-4-8-15)13-16(19)14-20(32(29,30)31)21(22)26-25-17-9-5-2-6-10-17;/h1-14,27H,(H,24,28)(H,29,30,31);/q;+1/p-1. The maximum Gasteiger partial charge on any atom is 1.00 e. The minimum absolute atomic E-state index is 0. The Balaban J connectivity index is 0.00000306. The van der Waals surface area contributed by atoms with E-state index in [4.69, 9.17) is 0 Å². The zero-order chi connectivity index (χ0) is 22.7. The molecular formula is C23H16N3NaO5S. The number of amides is 1. The second-order valence-corrected chi connectivity index (χ2v) is 8.17. The molecule has 0 heterocycles. The second kappa shape index (κ2) is 10.2. The zero-order valence-corrected chi connectivity index (χ0v) is 20.3. The molecule has 0 saturated carbocycles. The maximum absolute atomic E-state index is 12.4. The average Bonchev–Trinajstić information content (AvgIpc) is 2.79. The summed E-state index contributed by atoms with van der Waals surface area (Å²) in [6.07, 6.45) is 0. The number of fused-ring (bicyclic) bond motifs is 1. The van der Waals surface area contributed by atoms with Gasteiger partial charge in [0.15, 0.2) is 5.75 Å². The fourth-order valence-corrected chi connectivity index (χ4v) is 3.76. The summed E-state index contributed by atoms with van der Waals surface area (Å²) < 4.78 is 35.6. The third-order valence-electron chi connectivity index (χ3n) is 4.64. The quantitative estimate of drug-likeness (QED) is 0.263. The van der Waals surface area contributed by atoms with Crippen LogP contribution in [0.4, 0.5) is 17.1 Å². The van der Waals surface area contributed by atoms with Gasteiger partial charge in [0.25, 0.3) is 5.91 Å². The molecule has 4 aromatic carbocycles. The normalized spacial score (nSPS) is 11.3. The Hall–Kier alpha value is -3.08. The number of aromatic hydroxyl groups is 1. The summed E-state index contributed by atoms with van der Waals surface area (Å²) in [6, 6.07) is 22.6. The predicted molar refractivity (Wildman–Crippen MR) is 119 cm³/mol. The van der Waals surface area contributed by atoms with Crippen LogP contribution in [0.3, 0.4) is 0 Å². The number of nitrogens with one attached hydrogen (secondary N) is 1. The smallest absolute Gasteiger partial charge is 0.744 e. The van der Waals surface area contributed by atoms with E-state index >= 15 is 0 Å². The van der Waals surface area contributed by atoms with Crippen LogP contribution in [0.25, 0.3) is 10.8 Å². The van der Waals surface area contributed by atoms with Gasteiger partial charge < -0.3 is 15.0 Å². The van der Waals surface area contributed by atoms with Crippen molar-refractivity contribution in [1.29, 1.82) is 0 Å². The van der Waals surface area contributed by atoms with Gasteiger partial charge in [0.1, 0.15) is 15.8 Å². The van der Waals surface area contributed by atoms with E-state index in [0.29, 0.717) is 16.9 Å². The van der Waals surface area contributed by atoms with Gasteiger partial charge in [-0.1, -0.05) is 36.4 Å². The van der Waals surface area contributed by atoms with E-state index < -0.39 is 26.5 Å². The molecule has 0 spiro atoms. The van der Waals surface area contributed by atoms with E-state index in [2.05, 4.69) is 15.5 Å². The molecule has 2 N–H and O–H groups in total. The number of phenolic OH excluding ortho intramolecular Hbond substituents is 1. The Morgan fingerprint density at radius 1 is 0.879 bits per heavy atom. The number of phenols is 1. The van der Waals surface area contributed by atoms with Gasteiger partial charge >= 0.3 is 29.6 Å². The molecule has 0 aromatic heterocycles. The Morgan fingerprint density at radius 2 is 1.52 bits per heavy atom. The Kier molecular flexibility index (Phi) is 7.62. The van der Waals surface area contributed by atoms with E-state index in [1.54, 1.807) is 66.7 Å². The maximum atomic E-state index is 12.4. The number of rotatable bonds is 5. The first-order valence-electron chi connectivity index (χ1n) is 9.42. The molecule has 0 unspecified atom stereocenters. The second-order valence-electron chi connectivity index (χ2n) is 6.82. The van der Waals surface area contributed by atoms with Crippen LogP contribution >= 0.6 is 0 Å². The van der Waals surface area contributed by atoms with Crippen LogP contribution in [0.2, 0.25) is 0 Å². The summed E-state index contributed by atoms with van der Waals surface area (Å²) >= 11 is 0. The van der Waals surface area contributed by atoms with Gasteiger partial charge in [-0.2, -0.15) is 5.11 Å². The molecule has 0 atom stereocenters. The first kappa shape index (κ1) is 24.6. The van der Waals surface area contributed by atoms with Crippen LogP contribution in [0.5, 0.6) is 5.75 Å². The Bertz CT molecular complexity index is 1440. The minimum atomic E-state index is -4.98. The molecule has 0 saturated heterocycles. The number of hydrogen-bond acceptors (Lipinski definition) is 7. The van der Waals surface area contributed by atoms with Crippen LogP contribution in [-0.2, 0) is 10.1 Å². The molecule has 8 nitrogen and oxygen atoms in total. The summed E-state index contributed by atoms with van der Waals surface area (Å²) in [6.45, 7) is 0. The number of hydrogen-bond donors (Lipinski definition) is 2. The van der Waals surface area contributed by atoms with Crippen molar-refractivity contribution in [3.8, 4) is 5.75 Å². The summed E-state index contributed by atoms with van der Waals surface area (Å²) in [5, 5.41) is 21.6. The van der Waals surface area contributed by atoms with Crippen LogP contribution in [0.15, 0.2) is 100 Å². The third kappa shape index (κ3) is 5.65. The van der Waals surface area contributed by atoms with E-state index in [-0.39, 0.29) is 46.2 Å². The first-order chi connectivity index (χ1) is 15.3. The summed E-state index contributed by atoms with van der Waals surface area (Å²) in [5.74, 6) is -0.864. The first-order valence-corrected chi connectivity index (χ1v) is 10.8. The topological polar surface area (TPSA) is 131 Å². The van der Waals surface area contributed by atoms with Gasteiger partial charge in [-0.3, -0.25) is 4.79 Å². The van der Waals surface area contributed by atoms with Gasteiger partial charge in [-0.15, -0.1) is 5.11 Å². The van der Waals surface area contributed by atoms with Crippen molar-refractivity contribution in [2.75, 3.05) is 5.32 Å². The molecule has 0 aliphatic rings. The van der Waals surface area contributed by atoms with Crippen LogP contribution in [0, 0.1) is 0 Å². The average molecular weight is 469 g/mol.